The number of halogens is 1. The Kier molecular flexibility index (Phi) is 8.74. The first-order chi connectivity index (χ1) is 8.38. The van der Waals surface area contributed by atoms with E-state index in [0.717, 1.165) is 0 Å². The van der Waals surface area contributed by atoms with Crippen LogP contribution >= 0.6 is 15.9 Å². The van der Waals surface area contributed by atoms with Crippen LogP contribution in [0.5, 0.6) is 0 Å². The molecular weight excluding hydrogens is 306 g/mol. The lowest BCUT2D eigenvalue weighted by atomic mass is 10.2. The van der Waals surface area contributed by atoms with E-state index in [4.69, 9.17) is 19.7 Å². The molecule has 8 heteroatoms. The van der Waals surface area contributed by atoms with Gasteiger partial charge in [0.25, 0.3) is 0 Å². The number of ether oxygens (including phenoxy) is 3. The maximum atomic E-state index is 11.4. The minimum atomic E-state index is -0.690. The fraction of sp³-hybridized carbons (Fsp3) is 0.900. The van der Waals surface area contributed by atoms with Crippen LogP contribution in [-0.2, 0) is 19.0 Å². The Morgan fingerprint density at radius 2 is 2.00 bits per heavy atom. The number of carbonyl (C=O) groups excluding carboxylic acids is 1. The molecule has 0 aromatic rings. The summed E-state index contributed by atoms with van der Waals surface area (Å²) in [6.07, 6.45) is -0.436. The third kappa shape index (κ3) is 9.23. The zero-order valence-electron chi connectivity index (χ0n) is 10.8. The fourth-order valence-electron chi connectivity index (χ4n) is 0.872. The third-order valence-corrected chi connectivity index (χ3v) is 2.09. The van der Waals surface area contributed by atoms with Gasteiger partial charge in [0.1, 0.15) is 10.9 Å². The molecule has 0 bridgehead atoms. The molecule has 0 rings (SSSR count). The second-order valence-corrected chi connectivity index (χ2v) is 5.85. The van der Waals surface area contributed by atoms with Gasteiger partial charge in [0, 0.05) is 11.5 Å². The zero-order chi connectivity index (χ0) is 14.0. The summed E-state index contributed by atoms with van der Waals surface area (Å²) in [5, 5.41) is 3.32. The number of nitrogens with zero attached hydrogens (tertiary/aromatic N) is 3. The van der Waals surface area contributed by atoms with Crippen LogP contribution < -0.4 is 0 Å². The first-order valence-corrected chi connectivity index (χ1v) is 6.27. The van der Waals surface area contributed by atoms with Crippen LogP contribution in [0.2, 0.25) is 0 Å². The largest absolute Gasteiger partial charge is 0.462 e. The van der Waals surface area contributed by atoms with Gasteiger partial charge in [0.05, 0.1) is 13.2 Å². The highest BCUT2D eigenvalue weighted by Crippen LogP contribution is 2.17. The molecule has 0 aliphatic rings. The predicted molar refractivity (Wildman–Crippen MR) is 69.3 cm³/mol. The maximum Gasteiger partial charge on any atom is 0.322 e. The van der Waals surface area contributed by atoms with Crippen molar-refractivity contribution in [3.05, 3.63) is 10.4 Å². The van der Waals surface area contributed by atoms with Crippen LogP contribution in [-0.4, -0.2) is 42.9 Å². The molecule has 0 spiro atoms. The van der Waals surface area contributed by atoms with Gasteiger partial charge in [-0.15, -0.1) is 0 Å². The first kappa shape index (κ1) is 17.2. The SMILES string of the molecule is CC(OCCN=[N+]=[N-])OCCOC(=O)C(C)(C)Br. The smallest absolute Gasteiger partial charge is 0.322 e. The molecular formula is C10H18BrN3O4. The van der Waals surface area contributed by atoms with Gasteiger partial charge in [-0.2, -0.15) is 0 Å². The first-order valence-electron chi connectivity index (χ1n) is 5.48. The molecule has 0 aromatic heterocycles. The summed E-state index contributed by atoms with van der Waals surface area (Å²) in [6.45, 7) is 6.09. The van der Waals surface area contributed by atoms with Crippen molar-refractivity contribution in [2.24, 2.45) is 5.11 Å². The molecule has 0 amide bonds. The highest BCUT2D eigenvalue weighted by molar-refractivity contribution is 9.10. The molecule has 18 heavy (non-hydrogen) atoms. The van der Waals surface area contributed by atoms with Gasteiger partial charge in [0.15, 0.2) is 6.29 Å². The average Bonchev–Trinajstić information content (AvgIpc) is 2.28. The number of azide groups is 1. The summed E-state index contributed by atoms with van der Waals surface area (Å²) >= 11 is 3.19. The molecule has 0 aliphatic carbocycles. The second kappa shape index (κ2) is 9.16. The lowest BCUT2D eigenvalue weighted by Gasteiger charge is -2.16. The number of alkyl halides is 1. The quantitative estimate of drug-likeness (QED) is 0.124. The van der Waals surface area contributed by atoms with Crippen molar-refractivity contribution >= 4 is 21.9 Å². The van der Waals surface area contributed by atoms with Gasteiger partial charge in [0.2, 0.25) is 0 Å². The molecule has 0 aliphatic heterocycles. The van der Waals surface area contributed by atoms with Crippen LogP contribution in [0.15, 0.2) is 5.11 Å². The number of esters is 1. The molecule has 104 valence electrons. The van der Waals surface area contributed by atoms with E-state index in [9.17, 15) is 4.79 Å². The van der Waals surface area contributed by atoms with E-state index in [1.54, 1.807) is 20.8 Å². The predicted octanol–water partition coefficient (Wildman–Crippen LogP) is 2.39. The maximum absolute atomic E-state index is 11.4. The Bertz CT molecular complexity index is 300. The summed E-state index contributed by atoms with van der Waals surface area (Å²) in [5.74, 6) is -0.344. The third-order valence-electron chi connectivity index (χ3n) is 1.76. The summed E-state index contributed by atoms with van der Waals surface area (Å²) < 4.78 is 14.7. The van der Waals surface area contributed by atoms with E-state index in [2.05, 4.69) is 26.0 Å². The van der Waals surface area contributed by atoms with Gasteiger partial charge in [-0.1, -0.05) is 21.0 Å². The minimum Gasteiger partial charge on any atom is -0.462 e. The molecule has 0 heterocycles. The van der Waals surface area contributed by atoms with E-state index < -0.39 is 10.6 Å². The molecule has 7 nitrogen and oxygen atoms in total. The molecule has 0 fully saturated rings. The van der Waals surface area contributed by atoms with Crippen LogP contribution in [0.3, 0.4) is 0 Å². The van der Waals surface area contributed by atoms with Crippen LogP contribution in [0.4, 0.5) is 0 Å². The summed E-state index contributed by atoms with van der Waals surface area (Å²) in [5.41, 5.74) is 8.04. The second-order valence-electron chi connectivity index (χ2n) is 3.87. The van der Waals surface area contributed by atoms with E-state index in [0.29, 0.717) is 6.61 Å². The Labute approximate surface area is 115 Å². The van der Waals surface area contributed by atoms with E-state index in [1.807, 2.05) is 0 Å². The summed E-state index contributed by atoms with van der Waals surface area (Å²) in [7, 11) is 0. The van der Waals surface area contributed by atoms with Gasteiger partial charge >= 0.3 is 5.97 Å². The summed E-state index contributed by atoms with van der Waals surface area (Å²) in [4.78, 5) is 13.9. The highest BCUT2D eigenvalue weighted by Gasteiger charge is 2.25. The van der Waals surface area contributed by atoms with E-state index >= 15 is 0 Å². The van der Waals surface area contributed by atoms with Crippen LogP contribution in [0.25, 0.3) is 10.4 Å². The monoisotopic (exact) mass is 323 g/mol. The van der Waals surface area contributed by atoms with E-state index in [1.165, 1.54) is 0 Å². The lowest BCUT2D eigenvalue weighted by Crippen LogP contribution is -2.28. The van der Waals surface area contributed by atoms with E-state index in [-0.39, 0.29) is 25.7 Å². The Morgan fingerprint density at radius 1 is 1.39 bits per heavy atom. The van der Waals surface area contributed by atoms with Gasteiger partial charge < -0.3 is 14.2 Å². The topological polar surface area (TPSA) is 93.5 Å². The fourth-order valence-corrected chi connectivity index (χ4v) is 0.987. The average molecular weight is 324 g/mol. The number of hydrogen-bond donors (Lipinski definition) is 0. The van der Waals surface area contributed by atoms with Crippen LogP contribution in [0.1, 0.15) is 20.8 Å². The van der Waals surface area contributed by atoms with Gasteiger partial charge in [-0.3, -0.25) is 4.79 Å². The van der Waals surface area contributed by atoms with Crippen molar-refractivity contribution in [1.82, 2.24) is 0 Å². The zero-order valence-corrected chi connectivity index (χ0v) is 12.3. The summed E-state index contributed by atoms with van der Waals surface area (Å²) in [6, 6.07) is 0. The van der Waals surface area contributed by atoms with Crippen molar-refractivity contribution in [3.63, 3.8) is 0 Å². The molecule has 0 N–H and O–H groups in total. The molecule has 1 unspecified atom stereocenters. The minimum absolute atomic E-state index is 0.165. The number of hydrogen-bond acceptors (Lipinski definition) is 5. The molecule has 0 saturated heterocycles. The van der Waals surface area contributed by atoms with Crippen molar-refractivity contribution in [2.75, 3.05) is 26.4 Å². The van der Waals surface area contributed by atoms with Crippen molar-refractivity contribution in [2.45, 2.75) is 31.4 Å². The molecule has 0 saturated carbocycles. The molecule has 0 aromatic carbocycles. The number of carbonyl (C=O) groups is 1. The standard InChI is InChI=1S/C10H18BrN3O4/c1-8(16-5-4-13-14-12)17-6-7-18-9(15)10(2,3)11/h8H,4-7H2,1-3H3. The van der Waals surface area contributed by atoms with Crippen molar-refractivity contribution in [3.8, 4) is 0 Å². The Balaban J connectivity index is 3.54. The normalized spacial score (nSPS) is 12.7. The number of rotatable bonds is 9. The Hall–Kier alpha value is -0.820. The molecule has 0 radical (unpaired) electrons. The van der Waals surface area contributed by atoms with Gasteiger partial charge in [-0.05, 0) is 26.3 Å². The van der Waals surface area contributed by atoms with Gasteiger partial charge in [-0.25, -0.2) is 0 Å². The van der Waals surface area contributed by atoms with Crippen molar-refractivity contribution in [1.29, 1.82) is 0 Å². The molecule has 1 atom stereocenters. The highest BCUT2D eigenvalue weighted by atomic mass is 79.9. The Morgan fingerprint density at radius 3 is 2.56 bits per heavy atom. The lowest BCUT2D eigenvalue weighted by molar-refractivity contribution is -0.157. The van der Waals surface area contributed by atoms with Crippen molar-refractivity contribution < 1.29 is 19.0 Å². The van der Waals surface area contributed by atoms with Crippen LogP contribution in [0, 0.1) is 0 Å².